The van der Waals surface area contributed by atoms with Gasteiger partial charge in [-0.25, -0.2) is 4.79 Å². The summed E-state index contributed by atoms with van der Waals surface area (Å²) in [5.41, 5.74) is 0.0567. The molecule has 0 saturated heterocycles. The number of esters is 1. The van der Waals surface area contributed by atoms with Crippen LogP contribution in [0, 0.1) is 0 Å². The molecule has 0 amide bonds. The van der Waals surface area contributed by atoms with Gasteiger partial charge in [0.25, 0.3) is 0 Å². The third kappa shape index (κ3) is 5.17. The molecule has 0 saturated carbocycles. The van der Waals surface area contributed by atoms with Gasteiger partial charge in [0.05, 0.1) is 7.11 Å². The molecule has 0 aromatic carbocycles. The van der Waals surface area contributed by atoms with Gasteiger partial charge in [0.2, 0.25) is 0 Å². The number of allylic oxidation sites excluding steroid dienone is 2. The van der Waals surface area contributed by atoms with E-state index >= 15 is 0 Å². The Kier molecular flexibility index (Phi) is 7.01. The summed E-state index contributed by atoms with van der Waals surface area (Å²) in [6, 6.07) is 0.710. The number of nitrogens with zero attached hydrogens (tertiary/aromatic N) is 1. The van der Waals surface area contributed by atoms with E-state index in [1.165, 1.54) is 20.1 Å². The summed E-state index contributed by atoms with van der Waals surface area (Å²) in [5.74, 6) is -0.903. The van der Waals surface area contributed by atoms with Crippen molar-refractivity contribution in [1.29, 1.82) is 0 Å². The van der Waals surface area contributed by atoms with Crippen LogP contribution in [-0.2, 0) is 14.3 Å². The van der Waals surface area contributed by atoms with E-state index in [1.807, 2.05) is 6.20 Å². The number of carbonyl (C=O) groups is 2. The standard InChI is InChI=1S/C14H23NO3/c1-10(2)15(11(3)4)9-7-8-13(12(5)16)14(17)18-6/h7-11H,1-6H3/b9-7+,13-8-. The Morgan fingerprint density at radius 2 is 1.61 bits per heavy atom. The topological polar surface area (TPSA) is 46.6 Å². The van der Waals surface area contributed by atoms with Crippen molar-refractivity contribution in [2.24, 2.45) is 0 Å². The Labute approximate surface area is 109 Å². The van der Waals surface area contributed by atoms with E-state index in [4.69, 9.17) is 0 Å². The molecule has 102 valence electrons. The molecule has 18 heavy (non-hydrogen) atoms. The summed E-state index contributed by atoms with van der Waals surface area (Å²) < 4.78 is 4.55. The molecule has 0 aliphatic carbocycles. The summed E-state index contributed by atoms with van der Waals surface area (Å²) in [6.07, 6.45) is 5.07. The molecule has 0 aromatic rings. The van der Waals surface area contributed by atoms with Crippen molar-refractivity contribution < 1.29 is 14.3 Å². The first kappa shape index (κ1) is 16.4. The first-order valence-corrected chi connectivity index (χ1v) is 6.06. The predicted molar refractivity (Wildman–Crippen MR) is 72.0 cm³/mol. The summed E-state index contributed by atoms with van der Waals surface area (Å²) in [7, 11) is 1.26. The highest BCUT2D eigenvalue weighted by Crippen LogP contribution is 2.07. The Hall–Kier alpha value is -1.58. The third-order valence-corrected chi connectivity index (χ3v) is 2.50. The van der Waals surface area contributed by atoms with Crippen LogP contribution in [-0.4, -0.2) is 35.8 Å². The van der Waals surface area contributed by atoms with Gasteiger partial charge < -0.3 is 9.64 Å². The molecule has 4 nitrogen and oxygen atoms in total. The lowest BCUT2D eigenvalue weighted by atomic mass is 10.1. The zero-order valence-corrected chi connectivity index (χ0v) is 12.1. The van der Waals surface area contributed by atoms with Gasteiger partial charge in [0.15, 0.2) is 5.78 Å². The Morgan fingerprint density at radius 1 is 1.11 bits per heavy atom. The van der Waals surface area contributed by atoms with Crippen molar-refractivity contribution in [3.63, 3.8) is 0 Å². The molecular weight excluding hydrogens is 230 g/mol. The first-order valence-electron chi connectivity index (χ1n) is 6.06. The molecule has 0 heterocycles. The molecule has 0 aromatic heterocycles. The van der Waals surface area contributed by atoms with Crippen molar-refractivity contribution >= 4 is 11.8 Å². The molecule has 0 N–H and O–H groups in total. The number of ketones is 1. The second-order valence-corrected chi connectivity index (χ2v) is 4.60. The fourth-order valence-electron chi connectivity index (χ4n) is 1.62. The molecule has 0 radical (unpaired) electrons. The van der Waals surface area contributed by atoms with E-state index in [0.29, 0.717) is 12.1 Å². The van der Waals surface area contributed by atoms with E-state index in [1.54, 1.807) is 6.08 Å². The molecule has 0 bridgehead atoms. The van der Waals surface area contributed by atoms with Gasteiger partial charge in [-0.05, 0) is 53.0 Å². The van der Waals surface area contributed by atoms with Crippen LogP contribution in [0.4, 0.5) is 0 Å². The quantitative estimate of drug-likeness (QED) is 0.239. The number of rotatable bonds is 6. The number of hydrogen-bond donors (Lipinski definition) is 0. The minimum absolute atomic E-state index is 0.0567. The van der Waals surface area contributed by atoms with Crippen molar-refractivity contribution in [3.05, 3.63) is 23.9 Å². The lowest BCUT2D eigenvalue weighted by molar-refractivity contribution is -0.137. The van der Waals surface area contributed by atoms with Crippen molar-refractivity contribution in [2.75, 3.05) is 7.11 Å². The van der Waals surface area contributed by atoms with Crippen LogP contribution in [0.5, 0.6) is 0 Å². The number of ether oxygens (including phenoxy) is 1. The maximum atomic E-state index is 11.3. The predicted octanol–water partition coefficient (Wildman–Crippen LogP) is 2.31. The molecular formula is C14H23NO3. The van der Waals surface area contributed by atoms with Gasteiger partial charge in [0.1, 0.15) is 5.57 Å². The Bertz CT molecular complexity index is 346. The first-order chi connectivity index (χ1) is 8.31. The van der Waals surface area contributed by atoms with Crippen LogP contribution in [0.1, 0.15) is 34.6 Å². The van der Waals surface area contributed by atoms with Gasteiger partial charge in [-0.2, -0.15) is 0 Å². The van der Waals surface area contributed by atoms with Gasteiger partial charge >= 0.3 is 5.97 Å². The normalized spacial score (nSPS) is 12.3. The second kappa shape index (κ2) is 7.69. The average Bonchev–Trinajstić information content (AvgIpc) is 2.26. The lowest BCUT2D eigenvalue weighted by Crippen LogP contribution is -2.31. The summed E-state index contributed by atoms with van der Waals surface area (Å²) in [5, 5.41) is 0. The minimum atomic E-state index is -0.604. The fourth-order valence-corrected chi connectivity index (χ4v) is 1.62. The van der Waals surface area contributed by atoms with Gasteiger partial charge in [-0.3, -0.25) is 4.79 Å². The van der Waals surface area contributed by atoms with E-state index in [0.717, 1.165) is 0 Å². The molecule has 0 rings (SSSR count). The average molecular weight is 253 g/mol. The minimum Gasteiger partial charge on any atom is -0.465 e. The number of Topliss-reactive ketones (excluding diaryl/α,β-unsaturated/α-hetero) is 1. The highest BCUT2D eigenvalue weighted by Gasteiger charge is 2.13. The van der Waals surface area contributed by atoms with Crippen molar-refractivity contribution in [1.82, 2.24) is 4.90 Å². The molecule has 0 aliphatic rings. The highest BCUT2D eigenvalue weighted by atomic mass is 16.5. The van der Waals surface area contributed by atoms with Gasteiger partial charge in [-0.15, -0.1) is 0 Å². The van der Waals surface area contributed by atoms with E-state index in [9.17, 15) is 9.59 Å². The van der Waals surface area contributed by atoms with Crippen LogP contribution < -0.4 is 0 Å². The van der Waals surface area contributed by atoms with Crippen molar-refractivity contribution in [3.8, 4) is 0 Å². The number of carbonyl (C=O) groups excluding carboxylic acids is 2. The van der Waals surface area contributed by atoms with E-state index < -0.39 is 5.97 Å². The monoisotopic (exact) mass is 253 g/mol. The molecule has 0 aliphatic heterocycles. The molecule has 0 spiro atoms. The van der Waals surface area contributed by atoms with Crippen LogP contribution >= 0.6 is 0 Å². The summed E-state index contributed by atoms with van der Waals surface area (Å²) >= 11 is 0. The largest absolute Gasteiger partial charge is 0.465 e. The SMILES string of the molecule is COC(=O)/C(=C\C=C\N(C(C)C)C(C)C)C(C)=O. The molecule has 0 unspecified atom stereocenters. The molecule has 0 atom stereocenters. The lowest BCUT2D eigenvalue weighted by Gasteiger charge is -2.29. The summed E-state index contributed by atoms with van der Waals surface area (Å²) in [4.78, 5) is 24.7. The maximum Gasteiger partial charge on any atom is 0.341 e. The van der Waals surface area contributed by atoms with Crippen LogP contribution in [0.2, 0.25) is 0 Å². The van der Waals surface area contributed by atoms with Crippen LogP contribution in [0.15, 0.2) is 23.9 Å². The highest BCUT2D eigenvalue weighted by molar-refractivity contribution is 6.16. The molecule has 4 heteroatoms. The van der Waals surface area contributed by atoms with Gasteiger partial charge in [0, 0.05) is 12.1 Å². The smallest absolute Gasteiger partial charge is 0.341 e. The molecule has 0 fully saturated rings. The third-order valence-electron chi connectivity index (χ3n) is 2.50. The van der Waals surface area contributed by atoms with Gasteiger partial charge in [-0.1, -0.05) is 0 Å². The number of methoxy groups -OCH3 is 1. The van der Waals surface area contributed by atoms with Crippen molar-refractivity contribution in [2.45, 2.75) is 46.7 Å². The second-order valence-electron chi connectivity index (χ2n) is 4.60. The van der Waals surface area contributed by atoms with Crippen LogP contribution in [0.3, 0.4) is 0 Å². The summed E-state index contributed by atoms with van der Waals surface area (Å²) in [6.45, 7) is 9.68. The van der Waals surface area contributed by atoms with E-state index in [-0.39, 0.29) is 11.4 Å². The van der Waals surface area contributed by atoms with Crippen LogP contribution in [0.25, 0.3) is 0 Å². The Morgan fingerprint density at radius 3 is 1.94 bits per heavy atom. The zero-order chi connectivity index (χ0) is 14.3. The van der Waals surface area contributed by atoms with E-state index in [2.05, 4.69) is 37.3 Å². The Balaban J connectivity index is 4.95. The zero-order valence-electron chi connectivity index (χ0n) is 12.1. The maximum absolute atomic E-state index is 11.3. The number of hydrogen-bond acceptors (Lipinski definition) is 4. The fraction of sp³-hybridized carbons (Fsp3) is 0.571.